The van der Waals surface area contributed by atoms with Gasteiger partial charge in [-0.2, -0.15) is 0 Å². The van der Waals surface area contributed by atoms with Crippen LogP contribution in [0.5, 0.6) is 11.5 Å². The average Bonchev–Trinajstić information content (AvgIpc) is 2.40. The van der Waals surface area contributed by atoms with Crippen molar-refractivity contribution in [3.63, 3.8) is 0 Å². The van der Waals surface area contributed by atoms with Crippen molar-refractivity contribution < 1.29 is 15.3 Å². The molecule has 3 N–H and O–H groups in total. The zero-order valence-electron chi connectivity index (χ0n) is 10.9. The number of hydrogen-bond acceptors (Lipinski definition) is 3. The zero-order chi connectivity index (χ0) is 13.9. The van der Waals surface area contributed by atoms with Crippen LogP contribution in [-0.4, -0.2) is 15.3 Å². The Kier molecular flexibility index (Phi) is 3.76. The zero-order valence-corrected chi connectivity index (χ0v) is 10.9. The highest BCUT2D eigenvalue weighted by Crippen LogP contribution is 2.38. The summed E-state index contributed by atoms with van der Waals surface area (Å²) in [6.07, 6.45) is 1.26. The van der Waals surface area contributed by atoms with E-state index in [2.05, 4.69) is 0 Å². The van der Waals surface area contributed by atoms with E-state index in [-0.39, 0.29) is 11.5 Å². The quantitative estimate of drug-likeness (QED) is 0.789. The largest absolute Gasteiger partial charge is 0.508 e. The SMILES string of the molecule is CCCC(O)(c1ccc(O)cc1)c1ccccc1O. The van der Waals surface area contributed by atoms with E-state index in [0.29, 0.717) is 17.5 Å². The Balaban J connectivity index is 2.54. The fourth-order valence-electron chi connectivity index (χ4n) is 2.36. The van der Waals surface area contributed by atoms with Gasteiger partial charge in [0.05, 0.1) is 0 Å². The minimum Gasteiger partial charge on any atom is -0.508 e. The molecule has 3 heteroatoms. The third-order valence-electron chi connectivity index (χ3n) is 3.31. The lowest BCUT2D eigenvalue weighted by molar-refractivity contribution is 0.0675. The van der Waals surface area contributed by atoms with Gasteiger partial charge < -0.3 is 15.3 Å². The molecule has 0 saturated heterocycles. The molecule has 1 atom stereocenters. The van der Waals surface area contributed by atoms with Gasteiger partial charge in [0.15, 0.2) is 0 Å². The van der Waals surface area contributed by atoms with Crippen LogP contribution in [0.1, 0.15) is 30.9 Å². The van der Waals surface area contributed by atoms with Crippen molar-refractivity contribution in [2.24, 2.45) is 0 Å². The van der Waals surface area contributed by atoms with Gasteiger partial charge in [0.2, 0.25) is 0 Å². The molecule has 0 aromatic heterocycles. The highest BCUT2D eigenvalue weighted by atomic mass is 16.3. The molecule has 0 spiro atoms. The Labute approximate surface area is 112 Å². The molecule has 0 radical (unpaired) electrons. The lowest BCUT2D eigenvalue weighted by Gasteiger charge is -2.29. The molecule has 0 bridgehead atoms. The molecule has 0 amide bonds. The van der Waals surface area contributed by atoms with E-state index < -0.39 is 5.60 Å². The van der Waals surface area contributed by atoms with E-state index in [1.54, 1.807) is 36.4 Å². The average molecular weight is 258 g/mol. The molecule has 0 fully saturated rings. The number of aliphatic hydroxyl groups is 1. The monoisotopic (exact) mass is 258 g/mol. The normalized spacial score (nSPS) is 14.0. The third-order valence-corrected chi connectivity index (χ3v) is 3.31. The Bertz CT molecular complexity index is 548. The molecule has 100 valence electrons. The van der Waals surface area contributed by atoms with Gasteiger partial charge in [-0.3, -0.25) is 0 Å². The molecule has 0 saturated carbocycles. The number of phenolic OH excluding ortho intramolecular Hbond substituents is 2. The van der Waals surface area contributed by atoms with Crippen molar-refractivity contribution in [2.45, 2.75) is 25.4 Å². The first kappa shape index (κ1) is 13.4. The van der Waals surface area contributed by atoms with Crippen molar-refractivity contribution in [3.05, 3.63) is 59.7 Å². The second kappa shape index (κ2) is 5.33. The summed E-state index contributed by atoms with van der Waals surface area (Å²) in [5, 5.41) is 30.3. The predicted molar refractivity (Wildman–Crippen MR) is 74.1 cm³/mol. The third kappa shape index (κ3) is 2.56. The van der Waals surface area contributed by atoms with E-state index in [4.69, 9.17) is 0 Å². The van der Waals surface area contributed by atoms with Gasteiger partial charge in [-0.1, -0.05) is 43.7 Å². The van der Waals surface area contributed by atoms with Crippen LogP contribution in [0.25, 0.3) is 0 Å². The van der Waals surface area contributed by atoms with Gasteiger partial charge >= 0.3 is 0 Å². The first-order chi connectivity index (χ1) is 9.08. The molecular weight excluding hydrogens is 240 g/mol. The summed E-state index contributed by atoms with van der Waals surface area (Å²) in [6, 6.07) is 13.2. The van der Waals surface area contributed by atoms with Crippen LogP contribution in [0, 0.1) is 0 Å². The summed E-state index contributed by atoms with van der Waals surface area (Å²) in [7, 11) is 0. The Morgan fingerprint density at radius 2 is 1.58 bits per heavy atom. The van der Waals surface area contributed by atoms with Gasteiger partial charge in [-0.15, -0.1) is 0 Å². The van der Waals surface area contributed by atoms with Crippen molar-refractivity contribution in [1.82, 2.24) is 0 Å². The maximum atomic E-state index is 11.0. The lowest BCUT2D eigenvalue weighted by atomic mass is 9.82. The first-order valence-corrected chi connectivity index (χ1v) is 6.38. The summed E-state index contributed by atoms with van der Waals surface area (Å²) < 4.78 is 0. The number of para-hydroxylation sites is 1. The van der Waals surface area contributed by atoms with Crippen LogP contribution >= 0.6 is 0 Å². The molecule has 2 rings (SSSR count). The molecule has 3 nitrogen and oxygen atoms in total. The summed E-state index contributed by atoms with van der Waals surface area (Å²) in [4.78, 5) is 0. The molecule has 0 aliphatic rings. The van der Waals surface area contributed by atoms with Crippen LogP contribution in [-0.2, 0) is 5.60 Å². The smallest absolute Gasteiger partial charge is 0.122 e. The van der Waals surface area contributed by atoms with Gasteiger partial charge in [0.25, 0.3) is 0 Å². The number of rotatable bonds is 4. The highest BCUT2D eigenvalue weighted by Gasteiger charge is 2.32. The molecule has 0 heterocycles. The summed E-state index contributed by atoms with van der Waals surface area (Å²) >= 11 is 0. The molecule has 2 aromatic rings. The fourth-order valence-corrected chi connectivity index (χ4v) is 2.36. The van der Waals surface area contributed by atoms with Crippen LogP contribution in [0.2, 0.25) is 0 Å². The van der Waals surface area contributed by atoms with Gasteiger partial charge in [-0.05, 0) is 30.2 Å². The lowest BCUT2D eigenvalue weighted by Crippen LogP contribution is -2.27. The molecule has 19 heavy (non-hydrogen) atoms. The summed E-state index contributed by atoms with van der Waals surface area (Å²) in [5.41, 5.74) is -0.0930. The predicted octanol–water partition coefficient (Wildman–Crippen LogP) is 3.13. The first-order valence-electron chi connectivity index (χ1n) is 6.38. The molecule has 0 aliphatic carbocycles. The maximum Gasteiger partial charge on any atom is 0.122 e. The fraction of sp³-hybridized carbons (Fsp3) is 0.250. The maximum absolute atomic E-state index is 11.0. The van der Waals surface area contributed by atoms with E-state index in [1.807, 2.05) is 6.92 Å². The van der Waals surface area contributed by atoms with Crippen molar-refractivity contribution >= 4 is 0 Å². The van der Waals surface area contributed by atoms with E-state index in [0.717, 1.165) is 6.42 Å². The molecular formula is C16H18O3. The Morgan fingerprint density at radius 1 is 0.947 bits per heavy atom. The Morgan fingerprint density at radius 3 is 2.16 bits per heavy atom. The Hall–Kier alpha value is -2.00. The molecule has 2 aromatic carbocycles. The van der Waals surface area contributed by atoms with Crippen molar-refractivity contribution in [1.29, 1.82) is 0 Å². The summed E-state index contributed by atoms with van der Waals surface area (Å²) in [5.74, 6) is 0.228. The van der Waals surface area contributed by atoms with Crippen LogP contribution in [0.15, 0.2) is 48.5 Å². The van der Waals surface area contributed by atoms with E-state index >= 15 is 0 Å². The molecule has 0 aliphatic heterocycles. The van der Waals surface area contributed by atoms with Gasteiger partial charge in [0.1, 0.15) is 17.1 Å². The molecule has 1 unspecified atom stereocenters. The van der Waals surface area contributed by atoms with E-state index in [9.17, 15) is 15.3 Å². The van der Waals surface area contributed by atoms with Crippen molar-refractivity contribution in [2.75, 3.05) is 0 Å². The number of benzene rings is 2. The minimum absolute atomic E-state index is 0.0755. The van der Waals surface area contributed by atoms with Crippen LogP contribution in [0.4, 0.5) is 0 Å². The second-order valence-corrected chi connectivity index (χ2v) is 4.67. The second-order valence-electron chi connectivity index (χ2n) is 4.67. The standard InChI is InChI=1S/C16H18O3/c1-2-11-16(19,12-7-9-13(17)10-8-12)14-5-3-4-6-15(14)18/h3-10,17-19H,2,11H2,1H3. The topological polar surface area (TPSA) is 60.7 Å². The van der Waals surface area contributed by atoms with Gasteiger partial charge in [0, 0.05) is 5.56 Å². The van der Waals surface area contributed by atoms with Crippen LogP contribution < -0.4 is 0 Å². The van der Waals surface area contributed by atoms with E-state index in [1.165, 1.54) is 12.1 Å². The van der Waals surface area contributed by atoms with Gasteiger partial charge in [-0.25, -0.2) is 0 Å². The minimum atomic E-state index is -1.24. The van der Waals surface area contributed by atoms with Crippen LogP contribution in [0.3, 0.4) is 0 Å². The number of aromatic hydroxyl groups is 2. The number of phenols is 2. The summed E-state index contributed by atoms with van der Waals surface area (Å²) in [6.45, 7) is 1.98. The van der Waals surface area contributed by atoms with Crippen molar-refractivity contribution in [3.8, 4) is 11.5 Å². The number of hydrogen-bond donors (Lipinski definition) is 3. The highest BCUT2D eigenvalue weighted by molar-refractivity contribution is 5.44.